The Morgan fingerprint density at radius 2 is 2.00 bits per heavy atom. The summed E-state index contributed by atoms with van der Waals surface area (Å²) in [5.41, 5.74) is 2.53. The van der Waals surface area contributed by atoms with E-state index in [0.717, 1.165) is 30.9 Å². The Bertz CT molecular complexity index is 906. The van der Waals surface area contributed by atoms with Crippen LogP contribution in [0.5, 0.6) is 0 Å². The summed E-state index contributed by atoms with van der Waals surface area (Å²) < 4.78 is 29.4. The fourth-order valence-electron chi connectivity index (χ4n) is 3.95. The van der Waals surface area contributed by atoms with Gasteiger partial charge in [-0.1, -0.05) is 6.07 Å². The number of aryl methyl sites for hydroxylation is 2. The van der Waals surface area contributed by atoms with Crippen molar-refractivity contribution in [2.24, 2.45) is 0 Å². The Hall–Kier alpha value is -2.84. The van der Waals surface area contributed by atoms with Crippen molar-refractivity contribution in [1.29, 1.82) is 0 Å². The van der Waals surface area contributed by atoms with Crippen molar-refractivity contribution in [1.82, 2.24) is 15.0 Å². The minimum absolute atomic E-state index is 0.289. The van der Waals surface area contributed by atoms with Crippen LogP contribution >= 0.6 is 0 Å². The van der Waals surface area contributed by atoms with Crippen molar-refractivity contribution in [2.45, 2.75) is 63.2 Å². The van der Waals surface area contributed by atoms with Crippen LogP contribution in [-0.4, -0.2) is 52.6 Å². The maximum absolute atomic E-state index is 14.7. The van der Waals surface area contributed by atoms with E-state index in [4.69, 9.17) is 0 Å². The Labute approximate surface area is 187 Å². The van der Waals surface area contributed by atoms with Crippen molar-refractivity contribution < 1.29 is 18.7 Å². The molecular weight excluding hydrogens is 416 g/mol. The number of nitrogens with zero attached hydrogens (tertiary/aromatic N) is 4. The highest BCUT2D eigenvalue weighted by Gasteiger charge is 2.34. The first-order chi connectivity index (χ1) is 15.2. The molecule has 3 rings (SSSR count). The smallest absolute Gasteiger partial charge is 0.303 e. The number of nitrogens with one attached hydrogen (secondary N) is 1. The highest BCUT2D eigenvalue weighted by Crippen LogP contribution is 2.36. The van der Waals surface area contributed by atoms with Crippen LogP contribution < -0.4 is 10.2 Å². The van der Waals surface area contributed by atoms with Gasteiger partial charge in [-0.3, -0.25) is 4.79 Å². The van der Waals surface area contributed by atoms with E-state index in [1.807, 2.05) is 6.07 Å². The van der Waals surface area contributed by atoms with Gasteiger partial charge >= 0.3 is 5.97 Å². The molecule has 0 bridgehead atoms. The van der Waals surface area contributed by atoms with Crippen LogP contribution in [0.4, 0.5) is 20.5 Å². The number of rotatable bonds is 11. The fourth-order valence-corrected chi connectivity index (χ4v) is 3.95. The minimum atomic E-state index is -2.97. The Balaban J connectivity index is 1.53. The number of halogens is 2. The molecule has 0 aromatic carbocycles. The highest BCUT2D eigenvalue weighted by molar-refractivity contribution is 5.68. The number of hydrogen-bond acceptors (Lipinski definition) is 6. The lowest BCUT2D eigenvalue weighted by atomic mass is 9.89. The van der Waals surface area contributed by atoms with Gasteiger partial charge < -0.3 is 15.3 Å². The van der Waals surface area contributed by atoms with Gasteiger partial charge in [0.2, 0.25) is 11.9 Å². The average molecular weight is 448 g/mol. The van der Waals surface area contributed by atoms with Crippen LogP contribution in [0.25, 0.3) is 0 Å². The summed E-state index contributed by atoms with van der Waals surface area (Å²) in [7, 11) is 3.54. The standard InChI is InChI=1S/C23H31F2N5O2/c1-30(2)22-27-14-18(15-28-22)17(12-20(31)32)13-23(24,25)10-4-3-7-19-9-8-16-6-5-11-26-21(16)29-19/h8-9,14-15,17H,3-7,10-13H2,1-2H3,(H,26,29)(H,31,32)/t17-/m1/s1. The number of fused-ring (bicyclic) bond motifs is 1. The van der Waals surface area contributed by atoms with E-state index in [2.05, 4.69) is 26.3 Å². The van der Waals surface area contributed by atoms with Gasteiger partial charge in [0.05, 0.1) is 6.42 Å². The number of alkyl halides is 2. The van der Waals surface area contributed by atoms with Gasteiger partial charge in [-0.25, -0.2) is 23.7 Å². The van der Waals surface area contributed by atoms with E-state index in [-0.39, 0.29) is 12.8 Å². The number of hydrogen-bond donors (Lipinski definition) is 2. The first-order valence-corrected chi connectivity index (χ1v) is 11.0. The highest BCUT2D eigenvalue weighted by atomic mass is 19.3. The van der Waals surface area contributed by atoms with E-state index in [1.54, 1.807) is 19.0 Å². The molecule has 1 aliphatic rings. The summed E-state index contributed by atoms with van der Waals surface area (Å²) in [6, 6.07) is 4.04. The third-order valence-electron chi connectivity index (χ3n) is 5.67. The Kier molecular flexibility index (Phi) is 7.93. The van der Waals surface area contributed by atoms with Gasteiger partial charge in [-0.05, 0) is 49.3 Å². The monoisotopic (exact) mass is 447 g/mol. The zero-order valence-corrected chi connectivity index (χ0v) is 18.7. The summed E-state index contributed by atoms with van der Waals surface area (Å²) in [4.78, 5) is 25.8. The molecule has 1 aliphatic heterocycles. The lowest BCUT2D eigenvalue weighted by Gasteiger charge is -2.23. The number of aromatic nitrogens is 3. The van der Waals surface area contributed by atoms with Gasteiger partial charge in [0.25, 0.3) is 0 Å². The Morgan fingerprint density at radius 3 is 2.69 bits per heavy atom. The predicted molar refractivity (Wildman–Crippen MR) is 120 cm³/mol. The van der Waals surface area contributed by atoms with Gasteiger partial charge in [0, 0.05) is 57.5 Å². The second-order valence-corrected chi connectivity index (χ2v) is 8.61. The molecule has 2 N–H and O–H groups in total. The molecule has 0 spiro atoms. The fraction of sp³-hybridized carbons (Fsp3) is 0.565. The number of pyridine rings is 1. The second kappa shape index (κ2) is 10.7. The molecule has 7 nitrogen and oxygen atoms in total. The second-order valence-electron chi connectivity index (χ2n) is 8.61. The van der Waals surface area contributed by atoms with E-state index in [9.17, 15) is 18.7 Å². The molecule has 0 radical (unpaired) electrons. The first kappa shape index (κ1) is 23.8. The lowest BCUT2D eigenvalue weighted by Crippen LogP contribution is -2.22. The van der Waals surface area contributed by atoms with E-state index in [0.29, 0.717) is 30.8 Å². The molecule has 2 aromatic rings. The number of carboxylic acids is 1. The number of carbonyl (C=O) groups is 1. The van der Waals surface area contributed by atoms with Crippen molar-refractivity contribution in [3.8, 4) is 0 Å². The van der Waals surface area contributed by atoms with Crippen LogP contribution in [0.1, 0.15) is 61.3 Å². The maximum atomic E-state index is 14.7. The molecule has 0 saturated carbocycles. The number of anilines is 2. The third kappa shape index (κ3) is 6.83. The van der Waals surface area contributed by atoms with Crippen LogP contribution in [0.2, 0.25) is 0 Å². The quantitative estimate of drug-likeness (QED) is 0.497. The summed E-state index contributed by atoms with van der Waals surface area (Å²) in [6.45, 7) is 0.913. The zero-order valence-electron chi connectivity index (χ0n) is 18.7. The maximum Gasteiger partial charge on any atom is 0.303 e. The number of aliphatic carboxylic acids is 1. The van der Waals surface area contributed by atoms with Crippen LogP contribution in [0.15, 0.2) is 24.5 Å². The molecule has 0 aliphatic carbocycles. The van der Waals surface area contributed by atoms with Crippen molar-refractivity contribution in [3.05, 3.63) is 41.3 Å². The van der Waals surface area contributed by atoms with Crippen molar-refractivity contribution >= 4 is 17.7 Å². The zero-order chi connectivity index (χ0) is 23.1. The van der Waals surface area contributed by atoms with Crippen LogP contribution in [-0.2, 0) is 17.6 Å². The lowest BCUT2D eigenvalue weighted by molar-refractivity contribution is -0.138. The largest absolute Gasteiger partial charge is 0.481 e. The summed E-state index contributed by atoms with van der Waals surface area (Å²) in [5, 5.41) is 12.5. The minimum Gasteiger partial charge on any atom is -0.481 e. The molecule has 0 saturated heterocycles. The Morgan fingerprint density at radius 1 is 1.25 bits per heavy atom. The SMILES string of the molecule is CN(C)c1ncc([C@H](CC(=O)O)CC(F)(F)CCCCc2ccc3c(n2)NCCC3)cn1. The van der Waals surface area contributed by atoms with Gasteiger partial charge in [0.1, 0.15) is 5.82 Å². The molecule has 174 valence electrons. The summed E-state index contributed by atoms with van der Waals surface area (Å²) in [5.74, 6) is -3.56. The average Bonchev–Trinajstić information content (AvgIpc) is 2.76. The normalized spacial score (nSPS) is 14.4. The van der Waals surface area contributed by atoms with Gasteiger partial charge in [0.15, 0.2) is 0 Å². The molecule has 32 heavy (non-hydrogen) atoms. The van der Waals surface area contributed by atoms with E-state index < -0.39 is 24.2 Å². The van der Waals surface area contributed by atoms with Crippen LogP contribution in [0, 0.1) is 0 Å². The summed E-state index contributed by atoms with van der Waals surface area (Å²) in [6.07, 6.45) is 5.38. The number of carboxylic acid groups (broad SMARTS) is 1. The molecule has 0 fully saturated rings. The molecule has 2 aromatic heterocycles. The van der Waals surface area contributed by atoms with Crippen LogP contribution in [0.3, 0.4) is 0 Å². The van der Waals surface area contributed by atoms with E-state index in [1.165, 1.54) is 18.0 Å². The van der Waals surface area contributed by atoms with Crippen molar-refractivity contribution in [2.75, 3.05) is 30.9 Å². The van der Waals surface area contributed by atoms with E-state index >= 15 is 0 Å². The number of unbranched alkanes of at least 4 members (excludes halogenated alkanes) is 1. The summed E-state index contributed by atoms with van der Waals surface area (Å²) >= 11 is 0. The first-order valence-electron chi connectivity index (χ1n) is 11.0. The molecular formula is C23H31F2N5O2. The van der Waals surface area contributed by atoms with Crippen molar-refractivity contribution in [3.63, 3.8) is 0 Å². The van der Waals surface area contributed by atoms with Gasteiger partial charge in [-0.2, -0.15) is 0 Å². The molecule has 9 heteroatoms. The molecule has 0 amide bonds. The molecule has 1 atom stereocenters. The predicted octanol–water partition coefficient (Wildman–Crippen LogP) is 4.29. The third-order valence-corrected chi connectivity index (χ3v) is 5.67. The van der Waals surface area contributed by atoms with Gasteiger partial charge in [-0.15, -0.1) is 0 Å². The molecule has 0 unspecified atom stereocenters. The molecule has 3 heterocycles. The topological polar surface area (TPSA) is 91.2 Å².